The van der Waals surface area contributed by atoms with Gasteiger partial charge in [0.1, 0.15) is 5.75 Å². The van der Waals surface area contributed by atoms with Gasteiger partial charge in [0, 0.05) is 13.1 Å². The molecule has 23 heavy (non-hydrogen) atoms. The molecule has 6 nitrogen and oxygen atoms in total. The predicted octanol–water partition coefficient (Wildman–Crippen LogP) is 1.08. The molecule has 0 fully saturated rings. The van der Waals surface area contributed by atoms with E-state index in [0.29, 0.717) is 13.1 Å². The van der Waals surface area contributed by atoms with E-state index in [0.717, 1.165) is 23.1 Å². The van der Waals surface area contributed by atoms with Crippen LogP contribution in [-0.4, -0.2) is 48.5 Å². The minimum Gasteiger partial charge on any atom is -0.507 e. The van der Waals surface area contributed by atoms with Crippen LogP contribution in [0.4, 0.5) is 0 Å². The average Bonchev–Trinajstić information content (AvgIpc) is 2.48. The number of rotatable bonds is 8. The van der Waals surface area contributed by atoms with Gasteiger partial charge in [0.15, 0.2) is 0 Å². The van der Waals surface area contributed by atoms with Crippen LogP contribution in [0.25, 0.3) is 0 Å². The van der Waals surface area contributed by atoms with Crippen molar-refractivity contribution in [2.24, 2.45) is 0 Å². The van der Waals surface area contributed by atoms with E-state index in [2.05, 4.69) is 10.6 Å². The normalized spacial score (nSPS) is 10.7. The lowest BCUT2D eigenvalue weighted by atomic mass is 10.1. The Morgan fingerprint density at radius 3 is 2.13 bits per heavy atom. The summed E-state index contributed by atoms with van der Waals surface area (Å²) in [6, 6.07) is 3.70. The van der Waals surface area contributed by atoms with Crippen LogP contribution in [0.5, 0.6) is 5.75 Å². The Bertz CT molecular complexity index is 535. The lowest BCUT2D eigenvalue weighted by Crippen LogP contribution is -2.40. The molecule has 0 heterocycles. The first-order valence-corrected chi connectivity index (χ1v) is 7.84. The van der Waals surface area contributed by atoms with Crippen molar-refractivity contribution in [3.05, 3.63) is 28.8 Å². The van der Waals surface area contributed by atoms with Gasteiger partial charge in [-0.1, -0.05) is 19.1 Å². The summed E-state index contributed by atoms with van der Waals surface area (Å²) in [6.45, 7) is 7.06. The van der Waals surface area contributed by atoms with E-state index in [1.165, 1.54) is 0 Å². The molecule has 0 aliphatic carbocycles. The van der Waals surface area contributed by atoms with Crippen LogP contribution >= 0.6 is 0 Å². The first kappa shape index (κ1) is 19.0. The van der Waals surface area contributed by atoms with Gasteiger partial charge in [-0.25, -0.2) is 0 Å². The summed E-state index contributed by atoms with van der Waals surface area (Å²) < 4.78 is 0. The van der Waals surface area contributed by atoms with Crippen LogP contribution in [0.3, 0.4) is 0 Å². The molecule has 0 bridgehead atoms. The number of likely N-dealkylation sites (N-methyl/N-ethyl adjacent to an activating group) is 1. The van der Waals surface area contributed by atoms with Crippen molar-refractivity contribution in [3.63, 3.8) is 0 Å². The largest absolute Gasteiger partial charge is 0.507 e. The van der Waals surface area contributed by atoms with Crippen molar-refractivity contribution in [2.45, 2.75) is 33.7 Å². The third kappa shape index (κ3) is 6.69. The fourth-order valence-corrected chi connectivity index (χ4v) is 2.27. The summed E-state index contributed by atoms with van der Waals surface area (Å²) in [5.74, 6) is 0.0732. The molecule has 0 atom stereocenters. The van der Waals surface area contributed by atoms with Gasteiger partial charge in [-0.3, -0.25) is 14.5 Å². The summed E-state index contributed by atoms with van der Waals surface area (Å²) in [4.78, 5) is 25.2. The number of carbonyl (C=O) groups excluding carboxylic acids is 2. The number of phenolic OH excluding ortho intramolecular Hbond substituents is 1. The molecule has 0 radical (unpaired) electrons. The Hall–Kier alpha value is -2.08. The van der Waals surface area contributed by atoms with Gasteiger partial charge < -0.3 is 15.7 Å². The number of amides is 2. The molecule has 1 aromatic rings. The zero-order valence-electron chi connectivity index (χ0n) is 14.4. The summed E-state index contributed by atoms with van der Waals surface area (Å²) >= 11 is 0. The Morgan fingerprint density at radius 2 is 1.61 bits per heavy atom. The Morgan fingerprint density at radius 1 is 1.09 bits per heavy atom. The van der Waals surface area contributed by atoms with E-state index in [-0.39, 0.29) is 30.7 Å². The number of hydrogen-bond acceptors (Lipinski definition) is 4. The fourth-order valence-electron chi connectivity index (χ4n) is 2.27. The van der Waals surface area contributed by atoms with Crippen LogP contribution in [0.15, 0.2) is 12.1 Å². The molecular weight excluding hydrogens is 294 g/mol. The summed E-state index contributed by atoms with van der Waals surface area (Å²) in [5, 5.41) is 15.3. The highest BCUT2D eigenvalue weighted by atomic mass is 16.3. The number of carbonyl (C=O) groups is 2. The molecule has 1 rings (SSSR count). The first-order valence-electron chi connectivity index (χ1n) is 7.84. The second kappa shape index (κ2) is 9.15. The number of aryl methyl sites for hydroxylation is 2. The fraction of sp³-hybridized carbons (Fsp3) is 0.529. The highest BCUT2D eigenvalue weighted by Crippen LogP contribution is 2.22. The number of aromatic hydroxyl groups is 1. The Kier molecular flexibility index (Phi) is 7.54. The summed E-state index contributed by atoms with van der Waals surface area (Å²) in [7, 11) is 1.74. The standard InChI is InChI=1S/C17H27N3O3/c1-5-6-18-15(21)10-20(4)11-16(22)19-9-14-7-12(2)17(23)13(3)8-14/h7-8,23H,5-6,9-11H2,1-4H3,(H,18,21)(H,19,22). The molecule has 0 aromatic heterocycles. The van der Waals surface area contributed by atoms with E-state index < -0.39 is 0 Å². The maximum atomic E-state index is 11.9. The predicted molar refractivity (Wildman–Crippen MR) is 90.2 cm³/mol. The zero-order chi connectivity index (χ0) is 17.4. The minimum atomic E-state index is -0.140. The molecule has 1 aromatic carbocycles. The number of hydrogen-bond donors (Lipinski definition) is 3. The second-order valence-corrected chi connectivity index (χ2v) is 5.88. The highest BCUT2D eigenvalue weighted by molar-refractivity contribution is 5.81. The van der Waals surface area contributed by atoms with E-state index in [1.54, 1.807) is 11.9 Å². The van der Waals surface area contributed by atoms with Crippen molar-refractivity contribution in [1.29, 1.82) is 0 Å². The third-order valence-corrected chi connectivity index (χ3v) is 3.44. The van der Waals surface area contributed by atoms with E-state index in [9.17, 15) is 14.7 Å². The molecular formula is C17H27N3O3. The van der Waals surface area contributed by atoms with Crippen LogP contribution < -0.4 is 10.6 Å². The maximum Gasteiger partial charge on any atom is 0.234 e. The van der Waals surface area contributed by atoms with E-state index in [1.807, 2.05) is 32.9 Å². The average molecular weight is 321 g/mol. The monoisotopic (exact) mass is 321 g/mol. The number of nitrogens with one attached hydrogen (secondary N) is 2. The zero-order valence-corrected chi connectivity index (χ0v) is 14.4. The minimum absolute atomic E-state index is 0.0769. The summed E-state index contributed by atoms with van der Waals surface area (Å²) in [5.41, 5.74) is 2.52. The molecule has 0 saturated heterocycles. The molecule has 3 N–H and O–H groups in total. The quantitative estimate of drug-likeness (QED) is 0.669. The van der Waals surface area contributed by atoms with Gasteiger partial charge >= 0.3 is 0 Å². The van der Waals surface area contributed by atoms with Crippen molar-refractivity contribution in [2.75, 3.05) is 26.7 Å². The highest BCUT2D eigenvalue weighted by Gasteiger charge is 2.10. The van der Waals surface area contributed by atoms with Crippen LogP contribution in [0.2, 0.25) is 0 Å². The lowest BCUT2D eigenvalue weighted by Gasteiger charge is -2.16. The second-order valence-electron chi connectivity index (χ2n) is 5.88. The van der Waals surface area contributed by atoms with Crippen LogP contribution in [0, 0.1) is 13.8 Å². The molecule has 0 spiro atoms. The van der Waals surface area contributed by atoms with Gasteiger partial charge in [0.2, 0.25) is 11.8 Å². The van der Waals surface area contributed by atoms with E-state index in [4.69, 9.17) is 0 Å². The molecule has 0 saturated carbocycles. The van der Waals surface area contributed by atoms with Crippen molar-refractivity contribution in [3.8, 4) is 5.75 Å². The van der Waals surface area contributed by atoms with Gasteiger partial charge in [0.05, 0.1) is 13.1 Å². The van der Waals surface area contributed by atoms with E-state index >= 15 is 0 Å². The molecule has 0 aliphatic heterocycles. The van der Waals surface area contributed by atoms with Gasteiger partial charge in [-0.05, 0) is 44.0 Å². The topological polar surface area (TPSA) is 81.7 Å². The third-order valence-electron chi connectivity index (χ3n) is 3.44. The molecule has 0 aliphatic rings. The van der Waals surface area contributed by atoms with Gasteiger partial charge in [-0.2, -0.15) is 0 Å². The number of nitrogens with zero attached hydrogens (tertiary/aromatic N) is 1. The van der Waals surface area contributed by atoms with Gasteiger partial charge in [-0.15, -0.1) is 0 Å². The molecule has 0 unspecified atom stereocenters. The molecule has 128 valence electrons. The van der Waals surface area contributed by atoms with Crippen molar-refractivity contribution >= 4 is 11.8 Å². The number of phenols is 1. The van der Waals surface area contributed by atoms with Crippen LogP contribution in [0.1, 0.15) is 30.0 Å². The van der Waals surface area contributed by atoms with Gasteiger partial charge in [0.25, 0.3) is 0 Å². The Labute approximate surface area is 137 Å². The van der Waals surface area contributed by atoms with Crippen molar-refractivity contribution in [1.82, 2.24) is 15.5 Å². The number of benzene rings is 1. The Balaban J connectivity index is 2.41. The lowest BCUT2D eigenvalue weighted by molar-refractivity contribution is -0.124. The first-order chi connectivity index (χ1) is 10.8. The maximum absolute atomic E-state index is 11.9. The SMILES string of the molecule is CCCNC(=O)CN(C)CC(=O)NCc1cc(C)c(O)c(C)c1. The molecule has 2 amide bonds. The van der Waals surface area contributed by atoms with Crippen LogP contribution in [-0.2, 0) is 16.1 Å². The molecule has 6 heteroatoms. The smallest absolute Gasteiger partial charge is 0.234 e. The van der Waals surface area contributed by atoms with Crippen molar-refractivity contribution < 1.29 is 14.7 Å². The summed E-state index contributed by atoms with van der Waals surface area (Å²) in [6.07, 6.45) is 0.890.